The van der Waals surface area contributed by atoms with Crippen LogP contribution in [0.3, 0.4) is 0 Å². The van der Waals surface area contributed by atoms with Crippen molar-refractivity contribution < 1.29 is 9.90 Å². The summed E-state index contributed by atoms with van der Waals surface area (Å²) in [5.41, 5.74) is 0.992. The van der Waals surface area contributed by atoms with E-state index in [0.717, 1.165) is 25.1 Å². The van der Waals surface area contributed by atoms with Gasteiger partial charge < -0.3 is 10.0 Å². The summed E-state index contributed by atoms with van der Waals surface area (Å²) in [6, 6.07) is 3.42. The highest BCUT2D eigenvalue weighted by molar-refractivity contribution is 5.86. The summed E-state index contributed by atoms with van der Waals surface area (Å²) in [5.74, 6) is -0.985. The van der Waals surface area contributed by atoms with Crippen LogP contribution in [0.1, 0.15) is 30.3 Å². The average Bonchev–Trinajstić information content (AvgIpc) is 2.26. The number of unbranched alkanes of at least 4 members (excludes halogenated alkanes) is 1. The Morgan fingerprint density at radius 3 is 2.93 bits per heavy atom. The van der Waals surface area contributed by atoms with Gasteiger partial charge in [0.15, 0.2) is 0 Å². The predicted molar refractivity (Wildman–Crippen MR) is 59.4 cm³/mol. The molecule has 4 heteroatoms. The Labute approximate surface area is 89.6 Å². The second-order valence-corrected chi connectivity index (χ2v) is 3.48. The molecular formula is C11H16N2O2. The normalized spacial score (nSPS) is 10.0. The van der Waals surface area contributed by atoms with Gasteiger partial charge in [-0.05, 0) is 18.6 Å². The van der Waals surface area contributed by atoms with Crippen LogP contribution in [0.15, 0.2) is 18.3 Å². The largest absolute Gasteiger partial charge is 0.477 e. The maximum Gasteiger partial charge on any atom is 0.354 e. The molecule has 1 aromatic heterocycles. The van der Waals surface area contributed by atoms with Gasteiger partial charge in [-0.1, -0.05) is 13.3 Å². The molecule has 0 saturated carbocycles. The number of anilines is 1. The molecule has 0 amide bonds. The molecule has 0 spiro atoms. The first-order chi connectivity index (χ1) is 7.15. The van der Waals surface area contributed by atoms with E-state index in [9.17, 15) is 4.79 Å². The minimum atomic E-state index is -0.985. The van der Waals surface area contributed by atoms with Crippen LogP contribution in [0.5, 0.6) is 0 Å². The monoisotopic (exact) mass is 208 g/mol. The Morgan fingerprint density at radius 1 is 1.60 bits per heavy atom. The van der Waals surface area contributed by atoms with Gasteiger partial charge in [0, 0.05) is 25.5 Å². The van der Waals surface area contributed by atoms with E-state index in [4.69, 9.17) is 5.11 Å². The van der Waals surface area contributed by atoms with E-state index in [0.29, 0.717) is 0 Å². The van der Waals surface area contributed by atoms with E-state index in [1.165, 1.54) is 6.20 Å². The van der Waals surface area contributed by atoms with Crippen molar-refractivity contribution in [2.24, 2.45) is 0 Å². The smallest absolute Gasteiger partial charge is 0.354 e. The maximum absolute atomic E-state index is 10.7. The summed E-state index contributed by atoms with van der Waals surface area (Å²) >= 11 is 0. The summed E-state index contributed by atoms with van der Waals surface area (Å²) in [6.07, 6.45) is 3.75. The van der Waals surface area contributed by atoms with E-state index in [2.05, 4.69) is 11.9 Å². The molecule has 82 valence electrons. The molecule has 1 rings (SSSR count). The van der Waals surface area contributed by atoms with Crippen LogP contribution in [0.2, 0.25) is 0 Å². The third-order valence-electron chi connectivity index (χ3n) is 2.25. The average molecular weight is 208 g/mol. The van der Waals surface area contributed by atoms with Gasteiger partial charge in [0.2, 0.25) is 0 Å². The van der Waals surface area contributed by atoms with Crippen molar-refractivity contribution in [3.8, 4) is 0 Å². The molecule has 0 saturated heterocycles. The van der Waals surface area contributed by atoms with Crippen LogP contribution in [-0.4, -0.2) is 29.7 Å². The van der Waals surface area contributed by atoms with E-state index >= 15 is 0 Å². The van der Waals surface area contributed by atoms with Crippen molar-refractivity contribution in [1.82, 2.24) is 4.98 Å². The first-order valence-electron chi connectivity index (χ1n) is 5.05. The Bertz CT molecular complexity index is 339. The highest BCUT2D eigenvalue weighted by Gasteiger charge is 2.07. The molecule has 0 radical (unpaired) electrons. The lowest BCUT2D eigenvalue weighted by Gasteiger charge is -2.18. The topological polar surface area (TPSA) is 53.4 Å². The Balaban J connectivity index is 2.76. The number of carboxylic acid groups (broad SMARTS) is 1. The highest BCUT2D eigenvalue weighted by Crippen LogP contribution is 2.13. The number of aromatic carboxylic acids is 1. The molecule has 4 nitrogen and oxygen atoms in total. The van der Waals surface area contributed by atoms with Crippen molar-refractivity contribution in [3.05, 3.63) is 24.0 Å². The van der Waals surface area contributed by atoms with Crippen LogP contribution >= 0.6 is 0 Å². The first kappa shape index (κ1) is 11.5. The molecule has 0 aliphatic carbocycles. The number of aromatic nitrogens is 1. The second-order valence-electron chi connectivity index (χ2n) is 3.48. The van der Waals surface area contributed by atoms with Crippen molar-refractivity contribution >= 4 is 11.7 Å². The highest BCUT2D eigenvalue weighted by atomic mass is 16.4. The van der Waals surface area contributed by atoms with E-state index in [1.807, 2.05) is 18.0 Å². The van der Waals surface area contributed by atoms with Gasteiger partial charge in [0.25, 0.3) is 0 Å². The second kappa shape index (κ2) is 5.34. The van der Waals surface area contributed by atoms with Gasteiger partial charge in [-0.2, -0.15) is 0 Å². The van der Waals surface area contributed by atoms with Crippen molar-refractivity contribution in [2.75, 3.05) is 18.5 Å². The summed E-state index contributed by atoms with van der Waals surface area (Å²) in [6.45, 7) is 3.06. The summed E-state index contributed by atoms with van der Waals surface area (Å²) in [5, 5.41) is 8.79. The third kappa shape index (κ3) is 3.23. The number of pyridine rings is 1. The van der Waals surface area contributed by atoms with Gasteiger partial charge in [0.1, 0.15) is 5.69 Å². The summed E-state index contributed by atoms with van der Waals surface area (Å²) < 4.78 is 0. The quantitative estimate of drug-likeness (QED) is 0.804. The maximum atomic E-state index is 10.7. The molecule has 0 unspecified atom stereocenters. The van der Waals surface area contributed by atoms with Crippen LogP contribution < -0.4 is 4.90 Å². The first-order valence-corrected chi connectivity index (χ1v) is 5.05. The molecule has 0 fully saturated rings. The zero-order valence-corrected chi connectivity index (χ0v) is 9.10. The van der Waals surface area contributed by atoms with Crippen LogP contribution in [0.4, 0.5) is 5.69 Å². The van der Waals surface area contributed by atoms with Gasteiger partial charge in [-0.3, -0.25) is 0 Å². The molecule has 15 heavy (non-hydrogen) atoms. The SMILES string of the molecule is CCCCN(C)c1ccnc(C(=O)O)c1. The van der Waals surface area contributed by atoms with Gasteiger partial charge in [-0.15, -0.1) is 0 Å². The van der Waals surface area contributed by atoms with Crippen molar-refractivity contribution in [3.63, 3.8) is 0 Å². The van der Waals surface area contributed by atoms with Crippen LogP contribution in [0, 0.1) is 0 Å². The molecule has 0 aromatic carbocycles. The number of hydrogen-bond donors (Lipinski definition) is 1. The Morgan fingerprint density at radius 2 is 2.33 bits per heavy atom. The molecular weight excluding hydrogens is 192 g/mol. The molecule has 0 aliphatic heterocycles. The van der Waals surface area contributed by atoms with E-state index < -0.39 is 5.97 Å². The fourth-order valence-corrected chi connectivity index (χ4v) is 1.30. The predicted octanol–water partition coefficient (Wildman–Crippen LogP) is 2.02. The fourth-order valence-electron chi connectivity index (χ4n) is 1.30. The van der Waals surface area contributed by atoms with Crippen LogP contribution in [-0.2, 0) is 0 Å². The molecule has 0 aliphatic rings. The van der Waals surface area contributed by atoms with E-state index in [-0.39, 0.29) is 5.69 Å². The number of rotatable bonds is 5. The zero-order valence-electron chi connectivity index (χ0n) is 9.10. The zero-order chi connectivity index (χ0) is 11.3. The van der Waals surface area contributed by atoms with Gasteiger partial charge >= 0.3 is 5.97 Å². The number of hydrogen-bond acceptors (Lipinski definition) is 3. The fraction of sp³-hybridized carbons (Fsp3) is 0.455. The standard InChI is InChI=1S/C11H16N2O2/c1-3-4-7-13(2)9-5-6-12-10(8-9)11(14)15/h5-6,8H,3-4,7H2,1-2H3,(H,14,15). The molecule has 0 bridgehead atoms. The Hall–Kier alpha value is -1.58. The van der Waals surface area contributed by atoms with Gasteiger partial charge in [0.05, 0.1) is 0 Å². The number of nitrogens with zero attached hydrogens (tertiary/aromatic N) is 2. The lowest BCUT2D eigenvalue weighted by molar-refractivity contribution is 0.0690. The number of carbonyl (C=O) groups is 1. The van der Waals surface area contributed by atoms with Crippen molar-refractivity contribution in [2.45, 2.75) is 19.8 Å². The summed E-state index contributed by atoms with van der Waals surface area (Å²) in [4.78, 5) is 16.5. The van der Waals surface area contributed by atoms with E-state index in [1.54, 1.807) is 6.07 Å². The molecule has 1 N–H and O–H groups in total. The lowest BCUT2D eigenvalue weighted by Crippen LogP contribution is -2.18. The third-order valence-corrected chi connectivity index (χ3v) is 2.25. The number of carboxylic acids is 1. The summed E-state index contributed by atoms with van der Waals surface area (Å²) in [7, 11) is 1.95. The van der Waals surface area contributed by atoms with Crippen LogP contribution in [0.25, 0.3) is 0 Å². The molecule has 0 atom stereocenters. The van der Waals surface area contributed by atoms with Crippen molar-refractivity contribution in [1.29, 1.82) is 0 Å². The molecule has 1 heterocycles. The Kier molecular flexibility index (Phi) is 4.09. The lowest BCUT2D eigenvalue weighted by atomic mass is 10.2. The molecule has 1 aromatic rings. The van der Waals surface area contributed by atoms with Gasteiger partial charge in [-0.25, -0.2) is 9.78 Å². The minimum absolute atomic E-state index is 0.0934. The minimum Gasteiger partial charge on any atom is -0.477 e.